The van der Waals surface area contributed by atoms with E-state index >= 15 is 0 Å². The van der Waals surface area contributed by atoms with Gasteiger partial charge in [-0.1, -0.05) is 35.9 Å². The smallest absolute Gasteiger partial charge is 0.249 e. The van der Waals surface area contributed by atoms with E-state index < -0.39 is 0 Å². The van der Waals surface area contributed by atoms with E-state index in [1.807, 2.05) is 48.7 Å². The molecule has 0 bridgehead atoms. The Labute approximate surface area is 131 Å². The first-order valence-electron chi connectivity index (χ1n) is 6.64. The summed E-state index contributed by atoms with van der Waals surface area (Å²) in [7, 11) is 0. The number of carbonyl (C=O) groups excluding carboxylic acids is 1. The zero-order valence-corrected chi connectivity index (χ0v) is 12.6. The fraction of sp³-hybridized carbons (Fsp3) is 0.0625. The van der Waals surface area contributed by atoms with Crippen LogP contribution in [-0.4, -0.2) is 16.2 Å². The van der Waals surface area contributed by atoms with Crippen LogP contribution in [0.5, 0.6) is 0 Å². The summed E-state index contributed by atoms with van der Waals surface area (Å²) >= 11 is 1.50. The topological polar surface area (TPSA) is 68.0 Å². The summed E-state index contributed by atoms with van der Waals surface area (Å²) in [4.78, 5) is 12.9. The average Bonchev–Trinajstić information content (AvgIpc) is 3.17. The van der Waals surface area contributed by atoms with E-state index in [9.17, 15) is 4.79 Å². The summed E-state index contributed by atoms with van der Waals surface area (Å²) < 4.78 is 4.71. The molecule has 22 heavy (non-hydrogen) atoms. The summed E-state index contributed by atoms with van der Waals surface area (Å²) in [5, 5.41) is 12.2. The molecule has 0 radical (unpaired) electrons. The number of aromatic nitrogens is 2. The Morgan fingerprint density at radius 1 is 1.23 bits per heavy atom. The van der Waals surface area contributed by atoms with Crippen LogP contribution in [0.15, 0.2) is 52.5 Å². The first kappa shape index (κ1) is 14.2. The number of hydrogen-bond donors (Lipinski definition) is 1. The Bertz CT molecular complexity index is 789. The van der Waals surface area contributed by atoms with Crippen molar-refractivity contribution in [2.45, 2.75) is 6.92 Å². The molecule has 0 unspecified atom stereocenters. The molecule has 1 aromatic carbocycles. The van der Waals surface area contributed by atoms with Crippen molar-refractivity contribution in [3.05, 3.63) is 59.0 Å². The third-order valence-corrected chi connectivity index (χ3v) is 3.87. The van der Waals surface area contributed by atoms with Gasteiger partial charge in [0.15, 0.2) is 5.69 Å². The van der Waals surface area contributed by atoms with Gasteiger partial charge >= 0.3 is 0 Å². The van der Waals surface area contributed by atoms with Crippen LogP contribution in [0.4, 0.5) is 5.82 Å². The van der Waals surface area contributed by atoms with Crippen molar-refractivity contribution in [2.75, 3.05) is 5.32 Å². The fourth-order valence-corrected chi connectivity index (χ4v) is 2.56. The van der Waals surface area contributed by atoms with Gasteiger partial charge in [0, 0.05) is 6.08 Å². The standard InChI is InChI=1S/C16H13N3O2S/c1-11-4-6-12(7-5-11)8-9-14(20)17-16-15(18-21-19-16)13-3-2-10-22-13/h2-10H,1H3,(H,17,19,20)/b9-8+. The minimum absolute atomic E-state index is 0.283. The Kier molecular flexibility index (Phi) is 4.11. The quantitative estimate of drug-likeness (QED) is 0.745. The maximum atomic E-state index is 12.0. The van der Waals surface area contributed by atoms with E-state index in [0.29, 0.717) is 11.5 Å². The number of nitrogens with one attached hydrogen (secondary N) is 1. The van der Waals surface area contributed by atoms with Crippen molar-refractivity contribution in [1.29, 1.82) is 0 Å². The van der Waals surface area contributed by atoms with Crippen LogP contribution in [-0.2, 0) is 4.79 Å². The largest absolute Gasteiger partial charge is 0.302 e. The van der Waals surface area contributed by atoms with Gasteiger partial charge in [0.1, 0.15) is 0 Å². The number of rotatable bonds is 4. The lowest BCUT2D eigenvalue weighted by atomic mass is 10.1. The second-order valence-electron chi connectivity index (χ2n) is 4.67. The molecule has 1 N–H and O–H groups in total. The highest BCUT2D eigenvalue weighted by Gasteiger charge is 2.14. The van der Waals surface area contributed by atoms with E-state index in [4.69, 9.17) is 4.63 Å². The lowest BCUT2D eigenvalue weighted by Crippen LogP contribution is -2.08. The van der Waals surface area contributed by atoms with Crippen molar-refractivity contribution in [3.8, 4) is 10.6 Å². The first-order chi connectivity index (χ1) is 10.7. The Morgan fingerprint density at radius 2 is 2.05 bits per heavy atom. The molecular formula is C16H13N3O2S. The summed E-state index contributed by atoms with van der Waals surface area (Å²) in [5.41, 5.74) is 2.67. The van der Waals surface area contributed by atoms with E-state index in [0.717, 1.165) is 10.4 Å². The number of nitrogens with zero attached hydrogens (tertiary/aromatic N) is 2. The number of benzene rings is 1. The molecule has 0 aliphatic rings. The summed E-state index contributed by atoms with van der Waals surface area (Å²) in [6.07, 6.45) is 3.20. The average molecular weight is 311 g/mol. The highest BCUT2D eigenvalue weighted by atomic mass is 32.1. The van der Waals surface area contributed by atoms with Crippen molar-refractivity contribution in [1.82, 2.24) is 10.3 Å². The van der Waals surface area contributed by atoms with Gasteiger partial charge in [0.2, 0.25) is 11.7 Å². The van der Waals surface area contributed by atoms with E-state index in [1.165, 1.54) is 23.0 Å². The van der Waals surface area contributed by atoms with Crippen LogP contribution >= 0.6 is 11.3 Å². The van der Waals surface area contributed by atoms with Gasteiger partial charge in [0.25, 0.3) is 0 Å². The molecule has 2 aromatic heterocycles. The molecule has 110 valence electrons. The Hall–Kier alpha value is -2.73. The van der Waals surface area contributed by atoms with Crippen LogP contribution in [0.3, 0.4) is 0 Å². The van der Waals surface area contributed by atoms with Crippen molar-refractivity contribution < 1.29 is 9.42 Å². The van der Waals surface area contributed by atoms with Gasteiger partial charge in [-0.2, -0.15) is 0 Å². The predicted molar refractivity (Wildman–Crippen MR) is 86.5 cm³/mol. The van der Waals surface area contributed by atoms with Crippen LogP contribution in [0.1, 0.15) is 11.1 Å². The molecule has 0 saturated heterocycles. The second kappa shape index (κ2) is 6.36. The molecule has 5 nitrogen and oxygen atoms in total. The van der Waals surface area contributed by atoms with Crippen molar-refractivity contribution in [2.24, 2.45) is 0 Å². The van der Waals surface area contributed by atoms with Crippen molar-refractivity contribution in [3.63, 3.8) is 0 Å². The highest BCUT2D eigenvalue weighted by molar-refractivity contribution is 7.13. The Balaban J connectivity index is 1.70. The maximum Gasteiger partial charge on any atom is 0.249 e. The van der Waals surface area contributed by atoms with Gasteiger partial charge in [-0.25, -0.2) is 4.63 Å². The van der Waals surface area contributed by atoms with Crippen LogP contribution in [0.25, 0.3) is 16.6 Å². The van der Waals surface area contributed by atoms with Crippen LogP contribution < -0.4 is 5.32 Å². The number of carbonyl (C=O) groups is 1. The lowest BCUT2D eigenvalue weighted by molar-refractivity contribution is -0.111. The van der Waals surface area contributed by atoms with Crippen molar-refractivity contribution >= 4 is 29.1 Å². The molecule has 0 aliphatic heterocycles. The molecular weight excluding hydrogens is 298 g/mol. The van der Waals surface area contributed by atoms with Gasteiger partial charge in [-0.15, -0.1) is 11.3 Å². The minimum Gasteiger partial charge on any atom is -0.302 e. The number of thiophene rings is 1. The zero-order valence-electron chi connectivity index (χ0n) is 11.8. The molecule has 0 aliphatic carbocycles. The number of anilines is 1. The molecule has 2 heterocycles. The molecule has 0 fully saturated rings. The lowest BCUT2D eigenvalue weighted by Gasteiger charge is -1.98. The maximum absolute atomic E-state index is 12.0. The molecule has 3 rings (SSSR count). The van der Waals surface area contributed by atoms with Crippen LogP contribution in [0, 0.1) is 6.92 Å². The fourth-order valence-electron chi connectivity index (χ4n) is 1.85. The zero-order chi connectivity index (χ0) is 15.4. The second-order valence-corrected chi connectivity index (χ2v) is 5.62. The number of amides is 1. The third kappa shape index (κ3) is 3.29. The van der Waals surface area contributed by atoms with E-state index in [1.54, 1.807) is 6.08 Å². The van der Waals surface area contributed by atoms with E-state index in [-0.39, 0.29) is 5.91 Å². The normalized spacial score (nSPS) is 11.0. The molecule has 1 amide bonds. The van der Waals surface area contributed by atoms with Gasteiger partial charge in [0.05, 0.1) is 4.88 Å². The molecule has 0 saturated carbocycles. The van der Waals surface area contributed by atoms with Gasteiger partial charge in [-0.3, -0.25) is 4.79 Å². The first-order valence-corrected chi connectivity index (χ1v) is 7.52. The summed E-state index contributed by atoms with van der Waals surface area (Å²) in [6, 6.07) is 11.7. The summed E-state index contributed by atoms with van der Waals surface area (Å²) in [6.45, 7) is 2.02. The highest BCUT2D eigenvalue weighted by Crippen LogP contribution is 2.28. The number of hydrogen-bond acceptors (Lipinski definition) is 5. The monoisotopic (exact) mass is 311 g/mol. The van der Waals surface area contributed by atoms with Crippen LogP contribution in [0.2, 0.25) is 0 Å². The molecule has 0 atom stereocenters. The van der Waals surface area contributed by atoms with E-state index in [2.05, 4.69) is 15.6 Å². The van der Waals surface area contributed by atoms with Gasteiger partial charge < -0.3 is 5.32 Å². The predicted octanol–water partition coefficient (Wildman–Crippen LogP) is 3.76. The SMILES string of the molecule is Cc1ccc(/C=C/C(=O)Nc2nonc2-c2cccs2)cc1. The number of aryl methyl sites for hydroxylation is 1. The minimum atomic E-state index is -0.283. The Morgan fingerprint density at radius 3 is 2.77 bits per heavy atom. The third-order valence-electron chi connectivity index (χ3n) is 2.99. The molecule has 6 heteroatoms. The molecule has 0 spiro atoms. The van der Waals surface area contributed by atoms with Gasteiger partial charge in [-0.05, 0) is 40.3 Å². The summed E-state index contributed by atoms with van der Waals surface area (Å²) in [5.74, 6) is 0.0371. The molecule has 3 aromatic rings.